The second-order valence-corrected chi connectivity index (χ2v) is 2.88. The predicted molar refractivity (Wildman–Crippen MR) is 56.8 cm³/mol. The van der Waals surface area contributed by atoms with Gasteiger partial charge in [-0.25, -0.2) is 4.98 Å². The molecule has 2 N–H and O–H groups in total. The van der Waals surface area contributed by atoms with E-state index in [1.54, 1.807) is 18.3 Å². The Balaban J connectivity index is 3.10. The summed E-state index contributed by atoms with van der Waals surface area (Å²) in [6, 6.07) is 3.61. The number of pyridine rings is 1. The predicted octanol–water partition coefficient (Wildman–Crippen LogP) is 1.16. The van der Waals surface area contributed by atoms with Crippen molar-refractivity contribution in [1.82, 2.24) is 4.98 Å². The van der Waals surface area contributed by atoms with Crippen LogP contribution >= 0.6 is 0 Å². The maximum atomic E-state index is 8.76. The molecule has 0 amide bonds. The monoisotopic (exact) mass is 188 g/mol. The lowest BCUT2D eigenvalue weighted by molar-refractivity contribution is 0.993. The van der Waals surface area contributed by atoms with E-state index in [0.717, 1.165) is 0 Å². The Kier molecular flexibility index (Phi) is 3.08. The van der Waals surface area contributed by atoms with Crippen LogP contribution in [0.4, 0.5) is 11.5 Å². The maximum Gasteiger partial charge on any atom is 0.153 e. The molecule has 0 spiro atoms. The lowest BCUT2D eigenvalue weighted by Crippen LogP contribution is -2.19. The second kappa shape index (κ2) is 4.28. The van der Waals surface area contributed by atoms with Crippen molar-refractivity contribution in [3.63, 3.8) is 0 Å². The second-order valence-electron chi connectivity index (χ2n) is 2.88. The van der Waals surface area contributed by atoms with Gasteiger partial charge < -0.3 is 10.6 Å². The molecule has 0 unspecified atom stereocenters. The molecular weight excluding hydrogens is 176 g/mol. The van der Waals surface area contributed by atoms with Gasteiger partial charge >= 0.3 is 0 Å². The van der Waals surface area contributed by atoms with Crippen molar-refractivity contribution in [1.29, 1.82) is 5.26 Å². The Morgan fingerprint density at radius 3 is 3.07 bits per heavy atom. The van der Waals surface area contributed by atoms with E-state index in [2.05, 4.69) is 11.6 Å². The Morgan fingerprint density at radius 2 is 2.50 bits per heavy atom. The molecule has 0 radical (unpaired) electrons. The van der Waals surface area contributed by atoms with Gasteiger partial charge in [0.2, 0.25) is 0 Å². The number of nitrogens with zero attached hydrogens (tertiary/aromatic N) is 3. The van der Waals surface area contributed by atoms with Crippen molar-refractivity contribution in [2.24, 2.45) is 0 Å². The number of nitrogens with two attached hydrogens (primary N) is 1. The first kappa shape index (κ1) is 10.1. The van der Waals surface area contributed by atoms with E-state index in [0.29, 0.717) is 23.6 Å². The van der Waals surface area contributed by atoms with Gasteiger partial charge in [0.1, 0.15) is 6.07 Å². The molecular formula is C10H12N4. The highest BCUT2D eigenvalue weighted by molar-refractivity contribution is 5.69. The molecule has 14 heavy (non-hydrogen) atoms. The summed E-state index contributed by atoms with van der Waals surface area (Å²) in [5, 5.41) is 8.76. The van der Waals surface area contributed by atoms with Gasteiger partial charge in [0.05, 0.1) is 11.3 Å². The molecule has 4 heteroatoms. The van der Waals surface area contributed by atoms with Crippen LogP contribution < -0.4 is 10.6 Å². The van der Waals surface area contributed by atoms with Gasteiger partial charge in [-0.3, -0.25) is 0 Å². The van der Waals surface area contributed by atoms with Crippen molar-refractivity contribution in [2.75, 3.05) is 24.2 Å². The normalized spacial score (nSPS) is 9.14. The third-order valence-corrected chi connectivity index (χ3v) is 1.85. The Labute approximate surface area is 83.3 Å². The van der Waals surface area contributed by atoms with E-state index in [9.17, 15) is 0 Å². The molecule has 1 heterocycles. The molecule has 0 atom stereocenters. The molecule has 4 nitrogen and oxygen atoms in total. The molecule has 72 valence electrons. The molecule has 0 saturated carbocycles. The third-order valence-electron chi connectivity index (χ3n) is 1.85. The summed E-state index contributed by atoms with van der Waals surface area (Å²) in [6.07, 6.45) is 3.32. The number of likely N-dealkylation sites (N-methyl/N-ethyl adjacent to an activating group) is 1. The first-order valence-electron chi connectivity index (χ1n) is 4.17. The highest BCUT2D eigenvalue weighted by Gasteiger charge is 2.08. The molecule has 0 aliphatic heterocycles. The number of anilines is 2. The number of hydrogen-bond donors (Lipinski definition) is 1. The number of rotatable bonds is 3. The Hall–Kier alpha value is -2.02. The highest BCUT2D eigenvalue weighted by atomic mass is 15.2. The largest absolute Gasteiger partial charge is 0.395 e. The lowest BCUT2D eigenvalue weighted by Gasteiger charge is -2.17. The van der Waals surface area contributed by atoms with E-state index in [-0.39, 0.29) is 0 Å². The van der Waals surface area contributed by atoms with Crippen LogP contribution in [0.3, 0.4) is 0 Å². The Bertz CT molecular complexity index is 378. The topological polar surface area (TPSA) is 65.9 Å². The summed E-state index contributed by atoms with van der Waals surface area (Å²) in [6.45, 7) is 4.27. The van der Waals surface area contributed by atoms with Crippen LogP contribution in [-0.2, 0) is 0 Å². The number of nitriles is 1. The van der Waals surface area contributed by atoms with Gasteiger partial charge in [0.25, 0.3) is 0 Å². The highest BCUT2D eigenvalue weighted by Crippen LogP contribution is 2.21. The molecule has 1 rings (SSSR count). The first-order chi connectivity index (χ1) is 6.70. The van der Waals surface area contributed by atoms with Gasteiger partial charge in [-0.1, -0.05) is 6.08 Å². The van der Waals surface area contributed by atoms with E-state index in [1.165, 1.54) is 0 Å². The fourth-order valence-electron chi connectivity index (χ4n) is 1.14. The summed E-state index contributed by atoms with van der Waals surface area (Å²) in [4.78, 5) is 5.94. The van der Waals surface area contributed by atoms with Crippen LogP contribution in [0.1, 0.15) is 5.56 Å². The van der Waals surface area contributed by atoms with Gasteiger partial charge in [0, 0.05) is 19.8 Å². The molecule has 0 aliphatic carbocycles. The fraction of sp³-hybridized carbons (Fsp3) is 0.200. The minimum atomic E-state index is 0.416. The zero-order valence-corrected chi connectivity index (χ0v) is 8.07. The summed E-state index contributed by atoms with van der Waals surface area (Å²) in [5.41, 5.74) is 6.63. The standard InChI is InChI=1S/C10H12N4/c1-3-6-14(2)10-9(12)8(7-11)4-5-13-10/h3-5H,1,6,12H2,2H3. The average molecular weight is 188 g/mol. The average Bonchev–Trinajstić information content (AvgIpc) is 2.18. The van der Waals surface area contributed by atoms with Gasteiger partial charge in [-0.2, -0.15) is 5.26 Å². The number of nitrogen functional groups attached to an aromatic ring is 1. The Morgan fingerprint density at radius 1 is 1.79 bits per heavy atom. The van der Waals surface area contributed by atoms with Crippen LogP contribution in [-0.4, -0.2) is 18.6 Å². The van der Waals surface area contributed by atoms with Gasteiger partial charge in [-0.15, -0.1) is 6.58 Å². The number of aromatic nitrogens is 1. The first-order valence-corrected chi connectivity index (χ1v) is 4.17. The van der Waals surface area contributed by atoms with Crippen LogP contribution in [0.15, 0.2) is 24.9 Å². The van der Waals surface area contributed by atoms with Crippen LogP contribution in [0.5, 0.6) is 0 Å². The molecule has 0 saturated heterocycles. The summed E-state index contributed by atoms with van der Waals surface area (Å²) < 4.78 is 0. The molecule has 0 fully saturated rings. The smallest absolute Gasteiger partial charge is 0.153 e. The summed E-state index contributed by atoms with van der Waals surface area (Å²) in [7, 11) is 1.85. The van der Waals surface area contributed by atoms with Crippen LogP contribution in [0.25, 0.3) is 0 Å². The maximum absolute atomic E-state index is 8.76. The zero-order chi connectivity index (χ0) is 10.6. The van der Waals surface area contributed by atoms with Crippen molar-refractivity contribution < 1.29 is 0 Å². The minimum absolute atomic E-state index is 0.416. The minimum Gasteiger partial charge on any atom is -0.395 e. The van der Waals surface area contributed by atoms with Crippen molar-refractivity contribution in [3.8, 4) is 6.07 Å². The van der Waals surface area contributed by atoms with E-state index < -0.39 is 0 Å². The van der Waals surface area contributed by atoms with Crippen molar-refractivity contribution in [3.05, 3.63) is 30.5 Å². The third kappa shape index (κ3) is 1.83. The molecule has 0 bridgehead atoms. The molecule has 0 aliphatic rings. The SMILES string of the molecule is C=CCN(C)c1nccc(C#N)c1N. The van der Waals surface area contributed by atoms with E-state index in [1.807, 2.05) is 18.0 Å². The molecule has 0 aromatic carbocycles. The summed E-state index contributed by atoms with van der Waals surface area (Å²) >= 11 is 0. The van der Waals surface area contributed by atoms with Crippen LogP contribution in [0.2, 0.25) is 0 Å². The lowest BCUT2D eigenvalue weighted by atomic mass is 10.2. The quantitative estimate of drug-likeness (QED) is 0.723. The van der Waals surface area contributed by atoms with Crippen molar-refractivity contribution >= 4 is 11.5 Å². The van der Waals surface area contributed by atoms with E-state index in [4.69, 9.17) is 11.0 Å². The molecule has 1 aromatic heterocycles. The van der Waals surface area contributed by atoms with Crippen LogP contribution in [0, 0.1) is 11.3 Å². The number of hydrogen-bond acceptors (Lipinski definition) is 4. The van der Waals surface area contributed by atoms with Gasteiger partial charge in [0.15, 0.2) is 5.82 Å². The van der Waals surface area contributed by atoms with E-state index >= 15 is 0 Å². The van der Waals surface area contributed by atoms with Crippen molar-refractivity contribution in [2.45, 2.75) is 0 Å². The van der Waals surface area contributed by atoms with Gasteiger partial charge in [-0.05, 0) is 6.07 Å². The summed E-state index contributed by atoms with van der Waals surface area (Å²) in [5.74, 6) is 0.615. The zero-order valence-electron chi connectivity index (χ0n) is 8.07. The fourth-order valence-corrected chi connectivity index (χ4v) is 1.14. The molecule has 1 aromatic rings.